The van der Waals surface area contributed by atoms with Crippen molar-refractivity contribution in [1.29, 1.82) is 0 Å². The van der Waals surface area contributed by atoms with Gasteiger partial charge in [0.1, 0.15) is 19.0 Å². The van der Waals surface area contributed by atoms with Gasteiger partial charge in [0.05, 0.1) is 23.2 Å². The molecule has 0 spiro atoms. The molecule has 3 aromatic carbocycles. The first-order chi connectivity index (χ1) is 16.8. The molecule has 5 rings (SSSR count). The smallest absolute Gasteiger partial charge is 0.264 e. The summed E-state index contributed by atoms with van der Waals surface area (Å²) in [6.45, 7) is 4.55. The quantitative estimate of drug-likeness (QED) is 0.583. The third kappa shape index (κ3) is 4.51. The number of ether oxygens (including phenoxy) is 3. The monoisotopic (exact) mass is 494 g/mol. The Morgan fingerprint density at radius 2 is 1.69 bits per heavy atom. The fraction of sp³-hybridized carbons (Fsp3) is 0.269. The molecule has 0 radical (unpaired) electrons. The summed E-state index contributed by atoms with van der Waals surface area (Å²) in [4.78, 5) is 13.4. The van der Waals surface area contributed by atoms with E-state index in [9.17, 15) is 13.2 Å². The normalized spacial score (nSPS) is 17.7. The lowest BCUT2D eigenvalue weighted by Crippen LogP contribution is -2.51. The van der Waals surface area contributed by atoms with Crippen LogP contribution in [0.3, 0.4) is 0 Å². The third-order valence-electron chi connectivity index (χ3n) is 6.03. The first kappa shape index (κ1) is 23.0. The van der Waals surface area contributed by atoms with Gasteiger partial charge in [-0.3, -0.25) is 9.10 Å². The van der Waals surface area contributed by atoms with E-state index in [1.165, 1.54) is 4.31 Å². The average molecular weight is 495 g/mol. The molecule has 9 heteroatoms. The fourth-order valence-electron chi connectivity index (χ4n) is 4.16. The molecule has 0 fully saturated rings. The van der Waals surface area contributed by atoms with E-state index >= 15 is 0 Å². The van der Waals surface area contributed by atoms with Crippen LogP contribution in [0.1, 0.15) is 24.1 Å². The summed E-state index contributed by atoms with van der Waals surface area (Å²) in [6.07, 6.45) is -1.02. The number of sulfonamides is 1. The van der Waals surface area contributed by atoms with Gasteiger partial charge in [0, 0.05) is 0 Å². The standard InChI is InChI=1S/C26H26N2O6S/c1-17-8-10-22-21(14-17)28(35(30,31)20-6-4-3-5-7-20)16-25(34-22)26(29)27-18(2)19-9-11-23-24(15-19)33-13-12-32-23/h3-11,14-15,18,25H,12-13,16H2,1-2H3,(H,27,29)/t18-,25-/m0/s1. The Balaban J connectivity index is 1.40. The summed E-state index contributed by atoms with van der Waals surface area (Å²) >= 11 is 0. The summed E-state index contributed by atoms with van der Waals surface area (Å²) < 4.78 is 45.5. The van der Waals surface area contributed by atoms with Gasteiger partial charge in [-0.1, -0.05) is 30.3 Å². The van der Waals surface area contributed by atoms with Gasteiger partial charge in [0.2, 0.25) is 0 Å². The maximum atomic E-state index is 13.5. The second-order valence-electron chi connectivity index (χ2n) is 8.56. The van der Waals surface area contributed by atoms with Gasteiger partial charge in [-0.25, -0.2) is 8.42 Å². The van der Waals surface area contributed by atoms with E-state index in [4.69, 9.17) is 14.2 Å². The first-order valence-electron chi connectivity index (χ1n) is 11.4. The van der Waals surface area contributed by atoms with Crippen molar-refractivity contribution >= 4 is 21.6 Å². The fourth-order valence-corrected chi connectivity index (χ4v) is 5.65. The predicted molar refractivity (Wildman–Crippen MR) is 131 cm³/mol. The SMILES string of the molecule is Cc1ccc2c(c1)N(S(=O)(=O)c1ccccc1)C[C@@H](C(=O)N[C@@H](C)c1ccc3c(c1)OCCO3)O2. The lowest BCUT2D eigenvalue weighted by molar-refractivity contribution is -0.128. The minimum atomic E-state index is -3.91. The largest absolute Gasteiger partial charge is 0.486 e. The second kappa shape index (κ2) is 9.14. The number of fused-ring (bicyclic) bond motifs is 2. The molecular formula is C26H26N2O6S. The van der Waals surface area contributed by atoms with Crippen molar-refractivity contribution in [3.63, 3.8) is 0 Å². The number of carbonyl (C=O) groups is 1. The number of anilines is 1. The number of nitrogens with zero attached hydrogens (tertiary/aromatic N) is 1. The molecule has 0 aromatic heterocycles. The minimum absolute atomic E-state index is 0.145. The molecule has 0 saturated heterocycles. The third-order valence-corrected chi connectivity index (χ3v) is 7.83. The molecule has 0 saturated carbocycles. The molecule has 0 bridgehead atoms. The predicted octanol–water partition coefficient (Wildman–Crippen LogP) is 3.60. The number of carbonyl (C=O) groups excluding carboxylic acids is 1. The van der Waals surface area contributed by atoms with E-state index in [-0.39, 0.29) is 17.5 Å². The van der Waals surface area contributed by atoms with E-state index in [0.717, 1.165) is 11.1 Å². The van der Waals surface area contributed by atoms with Gasteiger partial charge in [0.15, 0.2) is 17.6 Å². The summed E-state index contributed by atoms with van der Waals surface area (Å²) in [7, 11) is -3.91. The van der Waals surface area contributed by atoms with Crippen LogP contribution in [0.5, 0.6) is 17.2 Å². The van der Waals surface area contributed by atoms with Gasteiger partial charge in [-0.2, -0.15) is 0 Å². The van der Waals surface area contributed by atoms with Crippen LogP contribution in [0, 0.1) is 6.92 Å². The van der Waals surface area contributed by atoms with Crippen molar-refractivity contribution in [1.82, 2.24) is 5.32 Å². The Morgan fingerprint density at radius 1 is 0.971 bits per heavy atom. The van der Waals surface area contributed by atoms with Crippen LogP contribution >= 0.6 is 0 Å². The van der Waals surface area contributed by atoms with E-state index in [1.54, 1.807) is 42.5 Å². The number of amides is 1. The Kier molecular flexibility index (Phi) is 6.02. The number of hydrogen-bond acceptors (Lipinski definition) is 6. The summed E-state index contributed by atoms with van der Waals surface area (Å²) in [5, 5.41) is 2.94. The maximum absolute atomic E-state index is 13.5. The highest BCUT2D eigenvalue weighted by Gasteiger charge is 2.38. The highest BCUT2D eigenvalue weighted by atomic mass is 32.2. The molecule has 182 valence electrons. The molecule has 1 N–H and O–H groups in total. The van der Waals surface area contributed by atoms with E-state index < -0.39 is 22.0 Å². The van der Waals surface area contributed by atoms with Crippen molar-refractivity contribution in [2.75, 3.05) is 24.1 Å². The van der Waals surface area contributed by atoms with E-state index in [0.29, 0.717) is 36.1 Å². The Bertz CT molecular complexity index is 1360. The lowest BCUT2D eigenvalue weighted by atomic mass is 10.1. The molecule has 8 nitrogen and oxygen atoms in total. The second-order valence-corrected chi connectivity index (χ2v) is 10.4. The van der Waals surface area contributed by atoms with Crippen LogP contribution in [-0.2, 0) is 14.8 Å². The van der Waals surface area contributed by atoms with E-state index in [2.05, 4.69) is 5.32 Å². The highest BCUT2D eigenvalue weighted by Crippen LogP contribution is 2.38. The average Bonchev–Trinajstić information content (AvgIpc) is 2.88. The van der Waals surface area contributed by atoms with E-state index in [1.807, 2.05) is 38.1 Å². The number of hydrogen-bond donors (Lipinski definition) is 1. The lowest BCUT2D eigenvalue weighted by Gasteiger charge is -2.35. The topological polar surface area (TPSA) is 94.2 Å². The number of nitrogens with one attached hydrogen (secondary N) is 1. The van der Waals surface area contributed by atoms with Crippen LogP contribution in [-0.4, -0.2) is 40.2 Å². The minimum Gasteiger partial charge on any atom is -0.486 e. The Hall–Kier alpha value is -3.72. The van der Waals surface area contributed by atoms with Crippen molar-refractivity contribution in [3.8, 4) is 17.2 Å². The first-order valence-corrected chi connectivity index (χ1v) is 12.8. The van der Waals surface area contributed by atoms with Crippen LogP contribution in [0.15, 0.2) is 71.6 Å². The molecule has 1 amide bonds. The molecule has 35 heavy (non-hydrogen) atoms. The maximum Gasteiger partial charge on any atom is 0.264 e. The summed E-state index contributed by atoms with van der Waals surface area (Å²) in [5.41, 5.74) is 2.14. The summed E-state index contributed by atoms with van der Waals surface area (Å²) in [6, 6.07) is 18.6. The molecule has 0 unspecified atom stereocenters. The van der Waals surface area contributed by atoms with Crippen LogP contribution in [0.4, 0.5) is 5.69 Å². The number of aryl methyl sites for hydroxylation is 1. The molecule has 0 aliphatic carbocycles. The van der Waals surface area contributed by atoms with Crippen molar-refractivity contribution in [3.05, 3.63) is 77.9 Å². The van der Waals surface area contributed by atoms with Crippen LogP contribution in [0.25, 0.3) is 0 Å². The zero-order valence-electron chi connectivity index (χ0n) is 19.4. The molecule has 2 atom stereocenters. The molecule has 2 heterocycles. The van der Waals surface area contributed by atoms with Crippen LogP contribution in [0.2, 0.25) is 0 Å². The zero-order valence-corrected chi connectivity index (χ0v) is 20.2. The number of benzene rings is 3. The van der Waals surface area contributed by atoms with Crippen molar-refractivity contribution in [2.24, 2.45) is 0 Å². The number of rotatable bonds is 5. The van der Waals surface area contributed by atoms with Crippen molar-refractivity contribution < 1.29 is 27.4 Å². The van der Waals surface area contributed by atoms with Gasteiger partial charge in [-0.05, 0) is 61.4 Å². The summed E-state index contributed by atoms with van der Waals surface area (Å²) in [5.74, 6) is 1.23. The van der Waals surface area contributed by atoms with Gasteiger partial charge >= 0.3 is 0 Å². The van der Waals surface area contributed by atoms with Crippen molar-refractivity contribution in [2.45, 2.75) is 30.9 Å². The van der Waals surface area contributed by atoms with Crippen LogP contribution < -0.4 is 23.8 Å². The molecule has 2 aliphatic rings. The van der Waals surface area contributed by atoms with Gasteiger partial charge in [-0.15, -0.1) is 0 Å². The Labute approximate surface area is 204 Å². The van der Waals surface area contributed by atoms with Gasteiger partial charge in [0.25, 0.3) is 15.9 Å². The Morgan fingerprint density at radius 3 is 2.46 bits per heavy atom. The zero-order chi connectivity index (χ0) is 24.6. The highest BCUT2D eigenvalue weighted by molar-refractivity contribution is 7.92. The molecule has 2 aliphatic heterocycles. The molecule has 3 aromatic rings. The van der Waals surface area contributed by atoms with Gasteiger partial charge < -0.3 is 19.5 Å². The molecular weight excluding hydrogens is 468 g/mol.